The molecule has 0 aliphatic heterocycles. The number of thiophene rings is 1. The van der Waals surface area contributed by atoms with Gasteiger partial charge in [-0.2, -0.15) is 0 Å². The first-order chi connectivity index (χ1) is 9.65. The van der Waals surface area contributed by atoms with E-state index in [-0.39, 0.29) is 5.91 Å². The number of hydrogen-bond acceptors (Lipinski definition) is 5. The molecule has 3 N–H and O–H groups in total. The summed E-state index contributed by atoms with van der Waals surface area (Å²) in [5.74, 6) is 1.22. The molecule has 1 heterocycles. The number of nitrogens with two attached hydrogens (primary N) is 1. The molecular weight excluding hydrogens is 276 g/mol. The summed E-state index contributed by atoms with van der Waals surface area (Å²) in [4.78, 5) is 12.5. The van der Waals surface area contributed by atoms with Crippen LogP contribution in [0.3, 0.4) is 0 Å². The molecule has 0 fully saturated rings. The minimum atomic E-state index is -0.192. The van der Waals surface area contributed by atoms with E-state index in [1.807, 2.05) is 6.07 Å². The first-order valence-corrected chi connectivity index (χ1v) is 6.85. The van der Waals surface area contributed by atoms with E-state index in [1.165, 1.54) is 11.3 Å². The molecule has 1 aromatic heterocycles. The molecule has 0 saturated heterocycles. The number of carbonyl (C=O) groups is 1. The Balaban J connectivity index is 2.10. The van der Waals surface area contributed by atoms with Gasteiger partial charge in [0.25, 0.3) is 5.91 Å². The Morgan fingerprint density at radius 2 is 2.10 bits per heavy atom. The predicted molar refractivity (Wildman–Crippen MR) is 79.4 cm³/mol. The van der Waals surface area contributed by atoms with Gasteiger partial charge in [0.15, 0.2) is 0 Å². The van der Waals surface area contributed by atoms with Gasteiger partial charge >= 0.3 is 0 Å². The van der Waals surface area contributed by atoms with Gasteiger partial charge in [0.2, 0.25) is 0 Å². The van der Waals surface area contributed by atoms with E-state index in [2.05, 4.69) is 5.32 Å². The van der Waals surface area contributed by atoms with Crippen molar-refractivity contribution in [3.63, 3.8) is 0 Å². The van der Waals surface area contributed by atoms with Gasteiger partial charge in [0.1, 0.15) is 16.4 Å². The first kappa shape index (κ1) is 14.2. The lowest BCUT2D eigenvalue weighted by Crippen LogP contribution is -2.23. The summed E-state index contributed by atoms with van der Waals surface area (Å²) in [6.07, 6.45) is 0. The number of benzene rings is 1. The minimum absolute atomic E-state index is 0.192. The third-order valence-corrected chi connectivity index (χ3v) is 3.76. The Bertz CT molecular complexity index is 610. The van der Waals surface area contributed by atoms with Crippen molar-refractivity contribution in [3.05, 3.63) is 40.1 Å². The van der Waals surface area contributed by atoms with Crippen molar-refractivity contribution in [2.75, 3.05) is 20.0 Å². The van der Waals surface area contributed by atoms with Crippen LogP contribution in [0.5, 0.6) is 11.5 Å². The molecule has 1 amide bonds. The minimum Gasteiger partial charge on any atom is -0.497 e. The maximum Gasteiger partial charge on any atom is 0.263 e. The van der Waals surface area contributed by atoms with Crippen LogP contribution in [0.4, 0.5) is 5.69 Å². The van der Waals surface area contributed by atoms with Gasteiger partial charge in [-0.3, -0.25) is 4.79 Å². The van der Waals surface area contributed by atoms with Gasteiger partial charge in [-0.25, -0.2) is 0 Å². The van der Waals surface area contributed by atoms with E-state index < -0.39 is 0 Å². The molecule has 0 aliphatic carbocycles. The van der Waals surface area contributed by atoms with Gasteiger partial charge < -0.3 is 20.5 Å². The average Bonchev–Trinajstić information content (AvgIpc) is 2.90. The largest absolute Gasteiger partial charge is 0.497 e. The molecule has 0 bridgehead atoms. The molecule has 2 aromatic rings. The van der Waals surface area contributed by atoms with Gasteiger partial charge in [-0.05, 0) is 29.6 Å². The molecule has 0 unspecified atom stereocenters. The van der Waals surface area contributed by atoms with Crippen molar-refractivity contribution in [1.29, 1.82) is 0 Å². The van der Waals surface area contributed by atoms with Gasteiger partial charge in [-0.1, -0.05) is 0 Å². The Kier molecular flexibility index (Phi) is 4.47. The maximum absolute atomic E-state index is 12.0. The number of nitrogen functional groups attached to an aromatic ring is 1. The lowest BCUT2D eigenvalue weighted by Gasteiger charge is -2.11. The van der Waals surface area contributed by atoms with Crippen molar-refractivity contribution in [2.24, 2.45) is 0 Å². The number of anilines is 1. The van der Waals surface area contributed by atoms with Crippen LogP contribution in [0.1, 0.15) is 15.2 Å². The fourth-order valence-corrected chi connectivity index (χ4v) is 2.51. The van der Waals surface area contributed by atoms with E-state index in [0.29, 0.717) is 28.6 Å². The SMILES string of the molecule is COc1ccc(OC)c(CNC(=O)c2sccc2N)c1. The molecule has 20 heavy (non-hydrogen) atoms. The van der Waals surface area contributed by atoms with E-state index >= 15 is 0 Å². The number of hydrogen-bond donors (Lipinski definition) is 2. The van der Waals surface area contributed by atoms with Crippen LogP contribution in [0.2, 0.25) is 0 Å². The number of carbonyl (C=O) groups excluding carboxylic acids is 1. The van der Waals surface area contributed by atoms with E-state index in [0.717, 1.165) is 5.56 Å². The molecule has 0 atom stereocenters. The molecule has 0 spiro atoms. The molecule has 106 valence electrons. The van der Waals surface area contributed by atoms with Gasteiger partial charge in [0, 0.05) is 12.1 Å². The van der Waals surface area contributed by atoms with Crippen LogP contribution in [-0.2, 0) is 6.54 Å². The zero-order valence-electron chi connectivity index (χ0n) is 11.3. The zero-order chi connectivity index (χ0) is 14.5. The molecular formula is C14H16N2O3S. The molecule has 0 aliphatic rings. The molecule has 5 nitrogen and oxygen atoms in total. The Morgan fingerprint density at radius 1 is 1.30 bits per heavy atom. The van der Waals surface area contributed by atoms with E-state index in [1.54, 1.807) is 37.8 Å². The second kappa shape index (κ2) is 6.29. The highest BCUT2D eigenvalue weighted by Gasteiger charge is 2.12. The Hall–Kier alpha value is -2.21. The van der Waals surface area contributed by atoms with Gasteiger partial charge in [-0.15, -0.1) is 11.3 Å². The van der Waals surface area contributed by atoms with Gasteiger partial charge in [0.05, 0.1) is 19.9 Å². The fraction of sp³-hybridized carbons (Fsp3) is 0.214. The standard InChI is InChI=1S/C14H16N2O3S/c1-18-10-3-4-12(19-2)9(7-10)8-16-14(17)13-11(15)5-6-20-13/h3-7H,8,15H2,1-2H3,(H,16,17). The van der Waals surface area contributed by atoms with Crippen LogP contribution in [0, 0.1) is 0 Å². The third-order valence-electron chi connectivity index (χ3n) is 2.83. The monoisotopic (exact) mass is 292 g/mol. The fourth-order valence-electron chi connectivity index (χ4n) is 1.78. The Labute approximate surface area is 121 Å². The quantitative estimate of drug-likeness (QED) is 0.886. The summed E-state index contributed by atoms with van der Waals surface area (Å²) in [6.45, 7) is 0.344. The maximum atomic E-state index is 12.0. The van der Waals surface area contributed by atoms with Crippen molar-refractivity contribution in [3.8, 4) is 11.5 Å². The number of methoxy groups -OCH3 is 2. The summed E-state index contributed by atoms with van der Waals surface area (Å²) in [5.41, 5.74) is 7.05. The van der Waals surface area contributed by atoms with Crippen LogP contribution in [-0.4, -0.2) is 20.1 Å². The van der Waals surface area contributed by atoms with E-state index in [4.69, 9.17) is 15.2 Å². The van der Waals surface area contributed by atoms with Crippen molar-refractivity contribution in [2.45, 2.75) is 6.54 Å². The second-order valence-corrected chi connectivity index (χ2v) is 4.98. The number of nitrogens with one attached hydrogen (secondary N) is 1. The predicted octanol–water partition coefficient (Wildman–Crippen LogP) is 2.28. The van der Waals surface area contributed by atoms with Crippen LogP contribution in [0.15, 0.2) is 29.6 Å². The zero-order valence-corrected chi connectivity index (χ0v) is 12.1. The van der Waals surface area contributed by atoms with E-state index in [9.17, 15) is 4.79 Å². The van der Waals surface area contributed by atoms with Crippen LogP contribution >= 0.6 is 11.3 Å². The summed E-state index contributed by atoms with van der Waals surface area (Å²) < 4.78 is 10.4. The first-order valence-electron chi connectivity index (χ1n) is 5.97. The summed E-state index contributed by atoms with van der Waals surface area (Å²) in [7, 11) is 3.18. The van der Waals surface area contributed by atoms with Crippen LogP contribution in [0.25, 0.3) is 0 Å². The molecule has 2 rings (SSSR count). The summed E-state index contributed by atoms with van der Waals surface area (Å²) in [5, 5.41) is 4.61. The second-order valence-electron chi connectivity index (χ2n) is 4.07. The lowest BCUT2D eigenvalue weighted by atomic mass is 10.2. The van der Waals surface area contributed by atoms with Crippen molar-refractivity contribution >= 4 is 22.9 Å². The highest BCUT2D eigenvalue weighted by molar-refractivity contribution is 7.12. The smallest absolute Gasteiger partial charge is 0.263 e. The highest BCUT2D eigenvalue weighted by Crippen LogP contribution is 2.24. The van der Waals surface area contributed by atoms with Crippen molar-refractivity contribution < 1.29 is 14.3 Å². The lowest BCUT2D eigenvalue weighted by molar-refractivity contribution is 0.0955. The third kappa shape index (κ3) is 3.03. The van der Waals surface area contributed by atoms with Crippen molar-refractivity contribution in [1.82, 2.24) is 5.32 Å². The summed E-state index contributed by atoms with van der Waals surface area (Å²) in [6, 6.07) is 7.16. The summed E-state index contributed by atoms with van der Waals surface area (Å²) >= 11 is 1.32. The average molecular weight is 292 g/mol. The number of rotatable bonds is 5. The Morgan fingerprint density at radius 3 is 2.70 bits per heavy atom. The number of amides is 1. The normalized spacial score (nSPS) is 10.1. The molecule has 0 saturated carbocycles. The highest BCUT2D eigenvalue weighted by atomic mass is 32.1. The molecule has 6 heteroatoms. The number of ether oxygens (including phenoxy) is 2. The van der Waals surface area contributed by atoms with Crippen LogP contribution < -0.4 is 20.5 Å². The topological polar surface area (TPSA) is 73.6 Å². The molecule has 0 radical (unpaired) electrons. The molecule has 1 aromatic carbocycles.